The van der Waals surface area contributed by atoms with Gasteiger partial charge in [0.25, 0.3) is 0 Å². The summed E-state index contributed by atoms with van der Waals surface area (Å²) >= 11 is 5.00. The van der Waals surface area contributed by atoms with Gasteiger partial charge < -0.3 is 10.6 Å². The Hall–Kier alpha value is -1.63. The first-order valence-corrected chi connectivity index (χ1v) is 10.0. The number of amides is 1. The van der Waals surface area contributed by atoms with E-state index in [1.165, 1.54) is 50.7 Å². The molecule has 1 rings (SSSR count). The number of hydrogen-bond acceptors (Lipinski definition) is 2. The maximum atomic E-state index is 12.7. The molecule has 0 aliphatic heterocycles. The third-order valence-corrected chi connectivity index (χ3v) is 4.41. The molecule has 3 nitrogen and oxygen atoms in total. The second-order valence-electron chi connectivity index (χ2n) is 6.66. The van der Waals surface area contributed by atoms with Gasteiger partial charge in [0.05, 0.1) is 5.56 Å². The van der Waals surface area contributed by atoms with E-state index < -0.39 is 11.7 Å². The van der Waals surface area contributed by atoms with Crippen LogP contribution in [0.2, 0.25) is 0 Å². The fourth-order valence-electron chi connectivity index (χ4n) is 2.72. The Morgan fingerprint density at radius 1 is 1.00 bits per heavy atom. The van der Waals surface area contributed by atoms with Crippen LogP contribution in [0.3, 0.4) is 0 Å². The zero-order valence-electron chi connectivity index (χ0n) is 15.8. The Morgan fingerprint density at radius 2 is 1.59 bits per heavy atom. The normalized spacial score (nSPS) is 11.3. The van der Waals surface area contributed by atoms with E-state index in [-0.39, 0.29) is 16.7 Å². The molecule has 1 aromatic rings. The van der Waals surface area contributed by atoms with E-state index in [0.29, 0.717) is 6.42 Å². The van der Waals surface area contributed by atoms with Crippen LogP contribution in [0.5, 0.6) is 0 Å². The predicted molar refractivity (Wildman–Crippen MR) is 108 cm³/mol. The van der Waals surface area contributed by atoms with Gasteiger partial charge in [0.1, 0.15) is 0 Å². The molecule has 27 heavy (non-hydrogen) atoms. The lowest BCUT2D eigenvalue weighted by Crippen LogP contribution is -2.33. The number of hydrogen-bond donors (Lipinski definition) is 2. The smallest absolute Gasteiger partial charge is 0.332 e. The fourth-order valence-corrected chi connectivity index (χ4v) is 2.95. The molecule has 7 heteroatoms. The Kier molecular flexibility index (Phi) is 11.0. The van der Waals surface area contributed by atoms with Gasteiger partial charge in [-0.3, -0.25) is 4.79 Å². The lowest BCUT2D eigenvalue weighted by molar-refractivity contribution is -0.137. The Morgan fingerprint density at radius 3 is 2.19 bits per heavy atom. The van der Waals surface area contributed by atoms with Crippen molar-refractivity contribution in [2.75, 3.05) is 5.32 Å². The molecular formula is C20H29F3N2OS. The monoisotopic (exact) mass is 402 g/mol. The number of carbonyl (C=O) groups excluding carboxylic acids is 1. The van der Waals surface area contributed by atoms with Gasteiger partial charge >= 0.3 is 6.18 Å². The molecule has 0 saturated carbocycles. The van der Waals surface area contributed by atoms with E-state index in [2.05, 4.69) is 17.6 Å². The van der Waals surface area contributed by atoms with Crippen LogP contribution in [0.1, 0.15) is 76.7 Å². The van der Waals surface area contributed by atoms with Crippen LogP contribution in [-0.2, 0) is 11.0 Å². The van der Waals surface area contributed by atoms with Gasteiger partial charge in [-0.2, -0.15) is 13.2 Å². The van der Waals surface area contributed by atoms with Crippen LogP contribution >= 0.6 is 12.2 Å². The lowest BCUT2D eigenvalue weighted by atomic mass is 10.1. The largest absolute Gasteiger partial charge is 0.416 e. The van der Waals surface area contributed by atoms with Crippen molar-refractivity contribution in [3.63, 3.8) is 0 Å². The Balaban J connectivity index is 2.19. The number of rotatable bonds is 11. The third-order valence-electron chi connectivity index (χ3n) is 4.21. The van der Waals surface area contributed by atoms with Gasteiger partial charge in [0.15, 0.2) is 5.11 Å². The van der Waals surface area contributed by atoms with Gasteiger partial charge in [-0.05, 0) is 36.8 Å². The molecule has 0 aromatic heterocycles. The topological polar surface area (TPSA) is 41.1 Å². The maximum absolute atomic E-state index is 12.7. The van der Waals surface area contributed by atoms with Gasteiger partial charge in [-0.1, -0.05) is 64.4 Å². The van der Waals surface area contributed by atoms with E-state index in [0.717, 1.165) is 31.4 Å². The van der Waals surface area contributed by atoms with Crippen LogP contribution in [0.15, 0.2) is 24.3 Å². The van der Waals surface area contributed by atoms with E-state index in [1.807, 2.05) is 0 Å². The number of thiocarbonyl (C=S) groups is 1. The summed E-state index contributed by atoms with van der Waals surface area (Å²) in [5, 5.41) is 5.14. The summed E-state index contributed by atoms with van der Waals surface area (Å²) in [6.45, 7) is 2.20. The van der Waals surface area contributed by atoms with Gasteiger partial charge in [-0.25, -0.2) is 0 Å². The van der Waals surface area contributed by atoms with Crippen LogP contribution in [0, 0.1) is 0 Å². The molecule has 0 radical (unpaired) electrons. The average Bonchev–Trinajstić information content (AvgIpc) is 2.59. The van der Waals surface area contributed by atoms with E-state index in [4.69, 9.17) is 12.2 Å². The molecule has 0 unspecified atom stereocenters. The molecule has 1 aromatic carbocycles. The number of alkyl halides is 3. The molecule has 0 fully saturated rings. The number of unbranched alkanes of at least 4 members (excludes halogenated alkanes) is 8. The first-order valence-electron chi connectivity index (χ1n) is 9.61. The lowest BCUT2D eigenvalue weighted by Gasteiger charge is -2.12. The molecule has 152 valence electrons. The molecule has 0 spiro atoms. The minimum atomic E-state index is -4.42. The summed E-state index contributed by atoms with van der Waals surface area (Å²) in [5.41, 5.74) is -0.575. The van der Waals surface area contributed by atoms with E-state index in [1.54, 1.807) is 0 Å². The zero-order valence-corrected chi connectivity index (χ0v) is 16.6. The first kappa shape index (κ1) is 23.4. The molecule has 0 aliphatic rings. The van der Waals surface area contributed by atoms with Gasteiger partial charge in [0.2, 0.25) is 5.91 Å². The molecule has 0 saturated heterocycles. The van der Waals surface area contributed by atoms with Crippen LogP contribution < -0.4 is 10.6 Å². The summed E-state index contributed by atoms with van der Waals surface area (Å²) in [7, 11) is 0. The minimum absolute atomic E-state index is 0.00949. The summed E-state index contributed by atoms with van der Waals surface area (Å²) in [5.74, 6) is -0.220. The van der Waals surface area contributed by atoms with Crippen molar-refractivity contribution >= 4 is 28.9 Å². The quantitative estimate of drug-likeness (QED) is 0.331. The Labute approximate surface area is 165 Å². The fraction of sp³-hybridized carbons (Fsp3) is 0.600. The van der Waals surface area contributed by atoms with Crippen molar-refractivity contribution in [2.45, 2.75) is 77.3 Å². The molecule has 0 heterocycles. The number of halogens is 3. The summed E-state index contributed by atoms with van der Waals surface area (Å²) in [4.78, 5) is 11.9. The molecule has 1 amide bonds. The molecular weight excluding hydrogens is 373 g/mol. The van der Waals surface area contributed by atoms with Gasteiger partial charge in [0, 0.05) is 12.1 Å². The second kappa shape index (κ2) is 12.7. The average molecular weight is 403 g/mol. The first-order chi connectivity index (χ1) is 12.8. The van der Waals surface area contributed by atoms with Crippen LogP contribution in [0.25, 0.3) is 0 Å². The number of anilines is 1. The highest BCUT2D eigenvalue weighted by molar-refractivity contribution is 7.80. The molecule has 0 atom stereocenters. The van der Waals surface area contributed by atoms with Crippen molar-refractivity contribution < 1.29 is 18.0 Å². The standard InChI is InChI=1S/C20H29F3N2OS/c1-2-3-4-5-6-7-8-9-10-14-18(26)25-19(27)24-17-13-11-12-16(15-17)20(21,22)23/h11-13,15H,2-10,14H2,1H3,(H2,24,25,26,27). The zero-order chi connectivity index (χ0) is 20.1. The highest BCUT2D eigenvalue weighted by Crippen LogP contribution is 2.30. The molecule has 0 aliphatic carbocycles. The number of nitrogens with one attached hydrogen (secondary N) is 2. The van der Waals surface area contributed by atoms with Crippen molar-refractivity contribution in [3.05, 3.63) is 29.8 Å². The minimum Gasteiger partial charge on any atom is -0.332 e. The van der Waals surface area contributed by atoms with Crippen LogP contribution in [-0.4, -0.2) is 11.0 Å². The van der Waals surface area contributed by atoms with E-state index in [9.17, 15) is 18.0 Å². The highest BCUT2D eigenvalue weighted by Gasteiger charge is 2.30. The molecule has 0 bridgehead atoms. The Bertz CT molecular complexity index is 591. The third kappa shape index (κ3) is 11.0. The SMILES string of the molecule is CCCCCCCCCCCC(=O)NC(=S)Nc1cccc(C(F)(F)F)c1. The number of benzene rings is 1. The second-order valence-corrected chi connectivity index (χ2v) is 7.07. The number of carbonyl (C=O) groups is 1. The predicted octanol–water partition coefficient (Wildman–Crippen LogP) is 6.44. The highest BCUT2D eigenvalue weighted by atomic mass is 32.1. The van der Waals surface area contributed by atoms with Crippen molar-refractivity contribution in [3.8, 4) is 0 Å². The van der Waals surface area contributed by atoms with Gasteiger partial charge in [-0.15, -0.1) is 0 Å². The van der Waals surface area contributed by atoms with Crippen LogP contribution in [0.4, 0.5) is 18.9 Å². The maximum Gasteiger partial charge on any atom is 0.416 e. The van der Waals surface area contributed by atoms with E-state index >= 15 is 0 Å². The summed E-state index contributed by atoms with van der Waals surface area (Å²) in [6.07, 6.45) is 6.42. The summed E-state index contributed by atoms with van der Waals surface area (Å²) in [6, 6.07) is 4.70. The summed E-state index contributed by atoms with van der Waals surface area (Å²) < 4.78 is 38.1. The van der Waals surface area contributed by atoms with Crippen molar-refractivity contribution in [2.24, 2.45) is 0 Å². The van der Waals surface area contributed by atoms with Crippen molar-refractivity contribution in [1.82, 2.24) is 5.32 Å². The molecule has 2 N–H and O–H groups in total. The van der Waals surface area contributed by atoms with Crippen molar-refractivity contribution in [1.29, 1.82) is 0 Å².